The van der Waals surface area contributed by atoms with Gasteiger partial charge in [0.2, 0.25) is 11.5 Å². The molecule has 4 heterocycles. The monoisotopic (exact) mass is 499 g/mol. The molecule has 1 aliphatic rings. The van der Waals surface area contributed by atoms with Gasteiger partial charge in [0.05, 0.1) is 5.69 Å². The first kappa shape index (κ1) is 21.9. The third-order valence-corrected chi connectivity index (χ3v) is 6.53. The molecule has 1 aliphatic heterocycles. The van der Waals surface area contributed by atoms with Crippen LogP contribution < -0.4 is 16.4 Å². The average Bonchev–Trinajstić information content (AvgIpc) is 3.55. The van der Waals surface area contributed by atoms with Crippen LogP contribution in [0, 0.1) is 0 Å². The second-order valence-electron chi connectivity index (χ2n) is 8.53. The Morgan fingerprint density at radius 2 is 1.94 bits per heavy atom. The van der Waals surface area contributed by atoms with Crippen molar-refractivity contribution in [2.24, 2.45) is 0 Å². The number of carbonyl (C=O) groups is 1. The van der Waals surface area contributed by atoms with E-state index < -0.39 is 6.04 Å². The van der Waals surface area contributed by atoms with Crippen molar-refractivity contribution in [3.05, 3.63) is 98.4 Å². The van der Waals surface area contributed by atoms with Crippen molar-refractivity contribution in [2.75, 3.05) is 5.32 Å². The van der Waals surface area contributed by atoms with E-state index in [1.54, 1.807) is 47.0 Å². The fraction of sp³-hybridized carbons (Fsp3) is 0.120. The molecule has 0 fully saturated rings. The summed E-state index contributed by atoms with van der Waals surface area (Å²) in [6.07, 6.45) is 2.54. The van der Waals surface area contributed by atoms with Gasteiger partial charge in [0.15, 0.2) is 0 Å². The van der Waals surface area contributed by atoms with Gasteiger partial charge in [-0.25, -0.2) is 0 Å². The summed E-state index contributed by atoms with van der Waals surface area (Å²) in [6, 6.07) is 16.4. The highest BCUT2D eigenvalue weighted by Gasteiger charge is 2.30. The normalized spacial score (nSPS) is 14.6. The summed E-state index contributed by atoms with van der Waals surface area (Å²) in [4.78, 5) is 40.6. The van der Waals surface area contributed by atoms with Gasteiger partial charge in [-0.3, -0.25) is 14.4 Å². The highest BCUT2D eigenvalue weighted by molar-refractivity contribution is 6.31. The lowest BCUT2D eigenvalue weighted by molar-refractivity contribution is -0.119. The van der Waals surface area contributed by atoms with Crippen molar-refractivity contribution >= 4 is 34.1 Å². The number of hydrogen-bond donors (Lipinski definition) is 2. The third-order valence-electron chi connectivity index (χ3n) is 6.29. The maximum Gasteiger partial charge on any atom is 0.252 e. The summed E-state index contributed by atoms with van der Waals surface area (Å²) < 4.78 is 3.05. The molecule has 0 unspecified atom stereocenters. The topological polar surface area (TPSA) is 128 Å². The number of H-pyrrole nitrogens is 1. The summed E-state index contributed by atoms with van der Waals surface area (Å²) >= 11 is 6.26. The zero-order valence-corrected chi connectivity index (χ0v) is 19.4. The van der Waals surface area contributed by atoms with Gasteiger partial charge in [0, 0.05) is 45.0 Å². The van der Waals surface area contributed by atoms with Gasteiger partial charge < -0.3 is 14.9 Å². The lowest BCUT2D eigenvalue weighted by Gasteiger charge is -2.16. The first-order valence-electron chi connectivity index (χ1n) is 11.2. The van der Waals surface area contributed by atoms with E-state index in [4.69, 9.17) is 11.6 Å². The molecule has 1 atom stereocenters. The number of aromatic nitrogens is 6. The standard InChI is InChI=1S/C25H18ClN7O3/c26-16-2-6-21(32-13-27-30-31-32)19(12-16)15-10-18-4-7-22(33(18)24(35)11-15)25(36)28-17-3-5-20-14(9-17)1-8-23(34)29-20/h1-3,5-6,8-13,22H,4,7H2,(H,28,36)(H,29,34)/t22-/m0/s1. The summed E-state index contributed by atoms with van der Waals surface area (Å²) in [6.45, 7) is 0. The first-order chi connectivity index (χ1) is 17.5. The number of fused-ring (bicyclic) bond motifs is 2. The number of hydrogen-bond acceptors (Lipinski definition) is 6. The van der Waals surface area contributed by atoms with Crippen molar-refractivity contribution in [2.45, 2.75) is 18.9 Å². The van der Waals surface area contributed by atoms with Gasteiger partial charge in [0.1, 0.15) is 12.4 Å². The predicted octanol–water partition coefficient (Wildman–Crippen LogP) is 3.11. The van der Waals surface area contributed by atoms with Gasteiger partial charge in [-0.15, -0.1) is 5.10 Å². The van der Waals surface area contributed by atoms with Crippen LogP contribution in [-0.4, -0.2) is 35.7 Å². The Morgan fingerprint density at radius 3 is 2.78 bits per heavy atom. The Bertz CT molecular complexity index is 1760. The van der Waals surface area contributed by atoms with E-state index in [-0.39, 0.29) is 17.0 Å². The molecule has 10 nitrogen and oxygen atoms in total. The lowest BCUT2D eigenvalue weighted by atomic mass is 10.0. The zero-order chi connectivity index (χ0) is 24.8. The SMILES string of the molecule is O=C(Nc1ccc2[nH]c(=O)ccc2c1)[C@@H]1CCc2cc(-c3cc(Cl)ccc3-n3cnnn3)cc(=O)n21. The number of nitrogens with zero attached hydrogens (tertiary/aromatic N) is 5. The minimum Gasteiger partial charge on any atom is -0.324 e. The van der Waals surface area contributed by atoms with Crippen LogP contribution in [0.4, 0.5) is 5.69 Å². The van der Waals surface area contributed by atoms with Gasteiger partial charge in [-0.05, 0) is 77.4 Å². The summed E-state index contributed by atoms with van der Waals surface area (Å²) in [5.74, 6) is -0.274. The molecule has 178 valence electrons. The number of benzene rings is 2. The molecule has 0 aliphatic carbocycles. The van der Waals surface area contributed by atoms with Crippen LogP contribution in [0.3, 0.4) is 0 Å². The Morgan fingerprint density at radius 1 is 1.06 bits per heavy atom. The number of tetrazole rings is 1. The number of anilines is 1. The summed E-state index contributed by atoms with van der Waals surface area (Å²) in [5, 5.41) is 15.5. The second-order valence-corrected chi connectivity index (χ2v) is 8.96. The molecule has 0 saturated heterocycles. The van der Waals surface area contributed by atoms with Crippen molar-refractivity contribution < 1.29 is 4.79 Å². The molecule has 5 aromatic rings. The van der Waals surface area contributed by atoms with E-state index in [0.717, 1.165) is 11.1 Å². The largest absolute Gasteiger partial charge is 0.324 e. The van der Waals surface area contributed by atoms with Crippen LogP contribution in [0.2, 0.25) is 5.02 Å². The number of pyridine rings is 2. The Balaban J connectivity index is 1.32. The molecule has 0 bridgehead atoms. The van der Waals surface area contributed by atoms with E-state index >= 15 is 0 Å². The first-order valence-corrected chi connectivity index (χ1v) is 11.6. The molecule has 0 saturated carbocycles. The fourth-order valence-corrected chi connectivity index (χ4v) is 4.84. The summed E-state index contributed by atoms with van der Waals surface area (Å²) in [5.41, 5.74) is 3.61. The van der Waals surface area contributed by atoms with Crippen LogP contribution in [0.15, 0.2) is 76.6 Å². The highest BCUT2D eigenvalue weighted by Crippen LogP contribution is 2.32. The van der Waals surface area contributed by atoms with E-state index in [1.807, 2.05) is 6.07 Å². The van der Waals surface area contributed by atoms with Gasteiger partial charge in [-0.1, -0.05) is 11.6 Å². The van der Waals surface area contributed by atoms with Crippen molar-refractivity contribution in [3.8, 4) is 16.8 Å². The second kappa shape index (κ2) is 8.58. The van der Waals surface area contributed by atoms with E-state index in [2.05, 4.69) is 25.8 Å². The number of aryl methyl sites for hydroxylation is 1. The van der Waals surface area contributed by atoms with Crippen LogP contribution in [0.25, 0.3) is 27.7 Å². The van der Waals surface area contributed by atoms with Crippen LogP contribution in [0.1, 0.15) is 18.2 Å². The molecule has 1 amide bonds. The number of carbonyl (C=O) groups excluding carboxylic acids is 1. The van der Waals surface area contributed by atoms with Crippen LogP contribution in [0.5, 0.6) is 0 Å². The maximum absolute atomic E-state index is 13.2. The van der Waals surface area contributed by atoms with Gasteiger partial charge in [-0.2, -0.15) is 4.68 Å². The molecule has 3 aromatic heterocycles. The Kier molecular flexibility index (Phi) is 5.23. The molecule has 2 aromatic carbocycles. The van der Waals surface area contributed by atoms with Crippen LogP contribution >= 0.6 is 11.6 Å². The minimum absolute atomic E-state index is 0.191. The van der Waals surface area contributed by atoms with E-state index in [0.29, 0.717) is 45.9 Å². The van der Waals surface area contributed by atoms with Crippen molar-refractivity contribution in [1.82, 2.24) is 29.8 Å². The molecule has 0 radical (unpaired) electrons. The quantitative estimate of drug-likeness (QED) is 0.391. The van der Waals surface area contributed by atoms with E-state index in [1.165, 1.54) is 23.1 Å². The fourth-order valence-electron chi connectivity index (χ4n) is 4.67. The molecule has 6 rings (SSSR count). The highest BCUT2D eigenvalue weighted by atomic mass is 35.5. The number of rotatable bonds is 4. The lowest BCUT2D eigenvalue weighted by Crippen LogP contribution is -2.31. The Labute approximate surface area is 208 Å². The number of nitrogens with one attached hydrogen (secondary N) is 2. The smallest absolute Gasteiger partial charge is 0.252 e. The molecule has 0 spiro atoms. The molecular weight excluding hydrogens is 482 g/mol. The van der Waals surface area contributed by atoms with Crippen molar-refractivity contribution in [3.63, 3.8) is 0 Å². The number of amides is 1. The number of halogens is 1. The Hall–Kier alpha value is -4.57. The predicted molar refractivity (Wildman–Crippen MR) is 134 cm³/mol. The van der Waals surface area contributed by atoms with Crippen LogP contribution in [-0.2, 0) is 11.2 Å². The molecule has 36 heavy (non-hydrogen) atoms. The molecule has 2 N–H and O–H groups in total. The average molecular weight is 500 g/mol. The third kappa shape index (κ3) is 3.87. The minimum atomic E-state index is -0.633. The van der Waals surface area contributed by atoms with Gasteiger partial charge in [0.25, 0.3) is 5.56 Å². The zero-order valence-electron chi connectivity index (χ0n) is 18.7. The van der Waals surface area contributed by atoms with E-state index in [9.17, 15) is 14.4 Å². The molecular formula is C25H18ClN7O3. The molecule has 11 heteroatoms. The number of aromatic amines is 1. The maximum atomic E-state index is 13.2. The van der Waals surface area contributed by atoms with Gasteiger partial charge >= 0.3 is 0 Å². The van der Waals surface area contributed by atoms with Crippen molar-refractivity contribution in [1.29, 1.82) is 0 Å². The summed E-state index contributed by atoms with van der Waals surface area (Å²) in [7, 11) is 0.